The van der Waals surface area contributed by atoms with Crippen LogP contribution in [0.1, 0.15) is 45.3 Å². The summed E-state index contributed by atoms with van der Waals surface area (Å²) in [6.45, 7) is 0. The largest absolute Gasteiger partial charge is 0.384 e. The number of halogens is 4. The van der Waals surface area contributed by atoms with Gasteiger partial charge in [0.05, 0.1) is 18.1 Å². The normalized spacial score (nSPS) is 23.2. The third-order valence-corrected chi connectivity index (χ3v) is 9.24. The molecule has 0 amide bonds. The third kappa shape index (κ3) is 5.02. The highest BCUT2D eigenvalue weighted by atomic mass is 35.5. The molecule has 5 rings (SSSR count). The molecule has 0 heterocycles. The maximum Gasteiger partial charge on any atom is 0.169 e. The van der Waals surface area contributed by atoms with Gasteiger partial charge < -0.3 is 5.11 Å². The van der Waals surface area contributed by atoms with Crippen LogP contribution in [-0.2, 0) is 5.60 Å². The Morgan fingerprint density at radius 2 is 1.22 bits per heavy atom. The molecule has 0 aliphatic heterocycles. The van der Waals surface area contributed by atoms with Crippen LogP contribution in [-0.4, -0.2) is 10.9 Å². The van der Waals surface area contributed by atoms with Crippen LogP contribution < -0.4 is 0 Å². The molecule has 41 heavy (non-hydrogen) atoms. The van der Waals surface area contributed by atoms with E-state index in [0.717, 1.165) is 0 Å². The molecule has 0 saturated heterocycles. The van der Waals surface area contributed by atoms with Gasteiger partial charge in [-0.1, -0.05) is 94.9 Å². The lowest BCUT2D eigenvalue weighted by atomic mass is 9.48. The van der Waals surface area contributed by atoms with E-state index in [2.05, 4.69) is 12.1 Å². The summed E-state index contributed by atoms with van der Waals surface area (Å²) in [7, 11) is 0. The van der Waals surface area contributed by atoms with Crippen molar-refractivity contribution in [2.45, 2.75) is 23.9 Å². The molecule has 4 unspecified atom stereocenters. The molecular formula is C33H22Cl4N2O2. The molecule has 1 aliphatic carbocycles. The number of hydrogen-bond acceptors (Lipinski definition) is 4. The topological polar surface area (TPSA) is 84.9 Å². The number of nitriles is 2. The number of aliphatic hydroxyl groups is 1. The molecule has 1 N–H and O–H groups in total. The van der Waals surface area contributed by atoms with E-state index in [9.17, 15) is 20.4 Å². The van der Waals surface area contributed by atoms with Crippen LogP contribution in [0.15, 0.2) is 97.1 Å². The Labute approximate surface area is 258 Å². The van der Waals surface area contributed by atoms with Crippen LogP contribution in [0.3, 0.4) is 0 Å². The minimum Gasteiger partial charge on any atom is -0.384 e. The van der Waals surface area contributed by atoms with Gasteiger partial charge in [-0.15, -0.1) is 0 Å². The SMILES string of the molecule is N#CC1(C#N)C(c2ccccc2Cl)CC(O)(c2ccc(Cl)cc2)C(C(=O)c2ccc(Cl)cc2)C1c1ccccc1Cl. The second kappa shape index (κ2) is 11.5. The zero-order chi connectivity index (χ0) is 29.4. The number of ketones is 1. The number of carbonyl (C=O) groups excluding carboxylic acids is 1. The standard InChI is InChI=1S/C33H22Cl4N2O2/c34-22-13-9-20(10-14-22)31(40)30-29(25-6-2-4-8-28(25)37)32(18-38,19-39)26(24-5-1-3-7-27(24)36)17-33(30,41)21-11-15-23(35)16-12-21/h1-16,26,29-30,41H,17H2. The van der Waals surface area contributed by atoms with Crippen molar-refractivity contribution in [1.82, 2.24) is 0 Å². The van der Waals surface area contributed by atoms with Crippen molar-refractivity contribution in [3.05, 3.63) is 139 Å². The van der Waals surface area contributed by atoms with Crippen molar-refractivity contribution in [1.29, 1.82) is 10.5 Å². The minimum absolute atomic E-state index is 0.148. The highest BCUT2D eigenvalue weighted by Crippen LogP contribution is 2.64. The Bertz CT molecular complexity index is 1680. The maximum atomic E-state index is 14.6. The van der Waals surface area contributed by atoms with Gasteiger partial charge in [0, 0.05) is 37.5 Å². The average Bonchev–Trinajstić information content (AvgIpc) is 2.98. The fourth-order valence-electron chi connectivity index (χ4n) is 6.14. The van der Waals surface area contributed by atoms with Crippen LogP contribution >= 0.6 is 46.4 Å². The van der Waals surface area contributed by atoms with Crippen LogP contribution in [0, 0.1) is 34.0 Å². The molecule has 0 aromatic heterocycles. The summed E-state index contributed by atoms with van der Waals surface area (Å²) in [5.74, 6) is -3.83. The second-order valence-electron chi connectivity index (χ2n) is 10.1. The molecule has 0 radical (unpaired) electrons. The first-order valence-electron chi connectivity index (χ1n) is 12.8. The molecule has 8 heteroatoms. The molecule has 0 spiro atoms. The monoisotopic (exact) mass is 618 g/mol. The van der Waals surface area contributed by atoms with Gasteiger partial charge >= 0.3 is 0 Å². The van der Waals surface area contributed by atoms with Crippen LogP contribution in [0.2, 0.25) is 20.1 Å². The predicted octanol–water partition coefficient (Wildman–Crippen LogP) is 8.99. The first kappa shape index (κ1) is 29.2. The lowest BCUT2D eigenvalue weighted by molar-refractivity contribution is -0.0782. The second-order valence-corrected chi connectivity index (χ2v) is 11.8. The molecular weight excluding hydrogens is 598 g/mol. The van der Waals surface area contributed by atoms with Gasteiger partial charge in [-0.3, -0.25) is 4.79 Å². The van der Waals surface area contributed by atoms with Gasteiger partial charge in [0.2, 0.25) is 0 Å². The fourth-order valence-corrected chi connectivity index (χ4v) is 6.91. The first-order chi connectivity index (χ1) is 19.7. The van der Waals surface area contributed by atoms with Gasteiger partial charge in [-0.25, -0.2) is 0 Å². The van der Waals surface area contributed by atoms with E-state index in [1.165, 1.54) is 0 Å². The number of nitrogens with zero attached hydrogens (tertiary/aromatic N) is 2. The Kier molecular flexibility index (Phi) is 8.18. The fraction of sp³-hybridized carbons (Fsp3) is 0.182. The number of carbonyl (C=O) groups is 1. The van der Waals surface area contributed by atoms with Crippen LogP contribution in [0.4, 0.5) is 0 Å². The van der Waals surface area contributed by atoms with Crippen LogP contribution in [0.25, 0.3) is 0 Å². The Balaban J connectivity index is 1.89. The molecule has 4 aromatic carbocycles. The minimum atomic E-state index is -1.87. The first-order valence-corrected chi connectivity index (χ1v) is 14.3. The highest BCUT2D eigenvalue weighted by Gasteiger charge is 2.65. The summed E-state index contributed by atoms with van der Waals surface area (Å²) in [5, 5.41) is 36.1. The van der Waals surface area contributed by atoms with Gasteiger partial charge in [0.1, 0.15) is 5.60 Å². The van der Waals surface area contributed by atoms with Gasteiger partial charge in [-0.2, -0.15) is 10.5 Å². The van der Waals surface area contributed by atoms with E-state index < -0.39 is 34.6 Å². The Morgan fingerprint density at radius 3 is 1.73 bits per heavy atom. The van der Waals surface area contributed by atoms with Gasteiger partial charge in [-0.05, 0) is 71.6 Å². The van der Waals surface area contributed by atoms with E-state index in [4.69, 9.17) is 46.4 Å². The molecule has 1 fully saturated rings. The maximum absolute atomic E-state index is 14.6. The van der Waals surface area contributed by atoms with Crippen molar-refractivity contribution in [2.24, 2.45) is 11.3 Å². The Hall–Kier alpha value is -3.35. The lowest BCUT2D eigenvalue weighted by Gasteiger charge is -2.53. The summed E-state index contributed by atoms with van der Waals surface area (Å²) < 4.78 is 0. The highest BCUT2D eigenvalue weighted by molar-refractivity contribution is 6.32. The molecule has 0 bridgehead atoms. The number of benzene rings is 4. The number of rotatable bonds is 5. The van der Waals surface area contributed by atoms with Crippen molar-refractivity contribution in [3.63, 3.8) is 0 Å². The summed E-state index contributed by atoms with van der Waals surface area (Å²) in [4.78, 5) is 14.6. The summed E-state index contributed by atoms with van der Waals surface area (Å²) >= 11 is 25.7. The molecule has 1 aliphatic rings. The quantitative estimate of drug-likeness (QED) is 0.226. The predicted molar refractivity (Wildman–Crippen MR) is 161 cm³/mol. The van der Waals surface area contributed by atoms with Crippen molar-refractivity contribution in [2.75, 3.05) is 0 Å². The van der Waals surface area contributed by atoms with E-state index >= 15 is 0 Å². The van der Waals surface area contributed by atoms with Crippen molar-refractivity contribution in [3.8, 4) is 12.1 Å². The summed E-state index contributed by atoms with van der Waals surface area (Å²) in [6, 6.07) is 31.1. The average molecular weight is 620 g/mol. The number of Topliss-reactive ketones (excluding diaryl/α,β-unsaturated/α-hetero) is 1. The number of hydrogen-bond donors (Lipinski definition) is 1. The molecule has 204 valence electrons. The van der Waals surface area contributed by atoms with E-state index in [0.29, 0.717) is 31.8 Å². The Morgan fingerprint density at radius 1 is 0.732 bits per heavy atom. The van der Waals surface area contributed by atoms with E-state index in [-0.39, 0.29) is 17.0 Å². The molecule has 1 saturated carbocycles. The zero-order valence-electron chi connectivity index (χ0n) is 21.4. The third-order valence-electron chi connectivity index (χ3n) is 8.05. The molecule has 4 atom stereocenters. The molecule has 4 nitrogen and oxygen atoms in total. The smallest absolute Gasteiger partial charge is 0.169 e. The van der Waals surface area contributed by atoms with Crippen LogP contribution in [0.5, 0.6) is 0 Å². The van der Waals surface area contributed by atoms with Crippen molar-refractivity contribution < 1.29 is 9.90 Å². The van der Waals surface area contributed by atoms with E-state index in [1.54, 1.807) is 97.1 Å². The van der Waals surface area contributed by atoms with Gasteiger partial charge in [0.15, 0.2) is 11.2 Å². The zero-order valence-corrected chi connectivity index (χ0v) is 24.5. The van der Waals surface area contributed by atoms with Crippen molar-refractivity contribution >= 4 is 52.2 Å². The summed E-state index contributed by atoms with van der Waals surface area (Å²) in [6.07, 6.45) is -0.148. The summed E-state index contributed by atoms with van der Waals surface area (Å²) in [5.41, 5.74) is -2.13. The molecule has 4 aromatic rings. The van der Waals surface area contributed by atoms with Gasteiger partial charge in [0.25, 0.3) is 0 Å². The van der Waals surface area contributed by atoms with E-state index in [1.807, 2.05) is 0 Å². The lowest BCUT2D eigenvalue weighted by Crippen LogP contribution is -2.55.